The Morgan fingerprint density at radius 3 is 3.06 bits per heavy atom. The average Bonchev–Trinajstić information content (AvgIpc) is 2.82. The molecule has 1 atom stereocenters. The van der Waals surface area contributed by atoms with Crippen LogP contribution in [0.1, 0.15) is 25.2 Å². The lowest BCUT2D eigenvalue weighted by Crippen LogP contribution is -2.01. The lowest BCUT2D eigenvalue weighted by molar-refractivity contribution is 0.582. The highest BCUT2D eigenvalue weighted by Gasteiger charge is 2.24. The molecular formula is C12H12BrN3. The zero-order chi connectivity index (χ0) is 11.1. The van der Waals surface area contributed by atoms with Gasteiger partial charge in [-0.15, -0.1) is 10.2 Å². The van der Waals surface area contributed by atoms with Crippen molar-refractivity contribution in [2.24, 2.45) is 0 Å². The maximum atomic E-state index is 4.29. The average molecular weight is 278 g/mol. The fraction of sp³-hybridized carbons (Fsp3) is 0.333. The molecule has 82 valence electrons. The second-order valence-corrected chi connectivity index (χ2v) is 5.12. The summed E-state index contributed by atoms with van der Waals surface area (Å²) in [5.41, 5.74) is 1.13. The molecule has 4 heteroatoms. The van der Waals surface area contributed by atoms with Gasteiger partial charge in [-0.05, 0) is 25.5 Å². The first kappa shape index (κ1) is 10.0. The summed E-state index contributed by atoms with van der Waals surface area (Å²) in [4.78, 5) is 0. The molecule has 1 aromatic heterocycles. The minimum atomic E-state index is 0.513. The van der Waals surface area contributed by atoms with Crippen LogP contribution in [0.15, 0.2) is 28.7 Å². The van der Waals surface area contributed by atoms with E-state index in [0.29, 0.717) is 6.04 Å². The maximum Gasteiger partial charge on any atom is 0.164 e. The third-order valence-corrected chi connectivity index (χ3v) is 3.57. The molecule has 0 amide bonds. The van der Waals surface area contributed by atoms with E-state index in [9.17, 15) is 0 Å². The highest BCUT2D eigenvalue weighted by molar-refractivity contribution is 9.10. The van der Waals surface area contributed by atoms with E-state index in [1.165, 1.54) is 6.42 Å². The zero-order valence-electron chi connectivity index (χ0n) is 9.02. The summed E-state index contributed by atoms with van der Waals surface area (Å²) in [7, 11) is 0. The number of aryl methyl sites for hydroxylation is 1. The van der Waals surface area contributed by atoms with Crippen LogP contribution in [-0.4, -0.2) is 14.8 Å². The monoisotopic (exact) mass is 277 g/mol. The molecule has 0 aliphatic carbocycles. The van der Waals surface area contributed by atoms with Crippen LogP contribution >= 0.6 is 15.9 Å². The van der Waals surface area contributed by atoms with E-state index in [2.05, 4.69) is 49.8 Å². The minimum Gasteiger partial charge on any atom is -0.308 e. The summed E-state index contributed by atoms with van der Waals surface area (Å²) in [5, 5.41) is 8.54. The molecular weight excluding hydrogens is 266 g/mol. The van der Waals surface area contributed by atoms with Crippen LogP contribution in [0.25, 0.3) is 11.4 Å². The van der Waals surface area contributed by atoms with Gasteiger partial charge in [0.1, 0.15) is 5.82 Å². The SMILES string of the molecule is C[C@H]1CCc2nnc(-c3cccc(Br)c3)n21. The first-order valence-electron chi connectivity index (χ1n) is 5.45. The van der Waals surface area contributed by atoms with Gasteiger partial charge in [0.15, 0.2) is 5.82 Å². The van der Waals surface area contributed by atoms with Crippen LogP contribution in [0.5, 0.6) is 0 Å². The maximum absolute atomic E-state index is 4.29. The first-order chi connectivity index (χ1) is 7.75. The summed E-state index contributed by atoms with van der Waals surface area (Å²) in [6.07, 6.45) is 2.22. The van der Waals surface area contributed by atoms with E-state index in [0.717, 1.165) is 28.1 Å². The smallest absolute Gasteiger partial charge is 0.164 e. The molecule has 0 bridgehead atoms. The third kappa shape index (κ3) is 1.48. The second kappa shape index (κ2) is 3.70. The standard InChI is InChI=1S/C12H12BrN3/c1-8-5-6-11-14-15-12(16(8)11)9-3-2-4-10(13)7-9/h2-4,7-8H,5-6H2,1H3/t8-/m0/s1. The predicted molar refractivity (Wildman–Crippen MR) is 66.2 cm³/mol. The number of benzene rings is 1. The topological polar surface area (TPSA) is 30.7 Å². The predicted octanol–water partition coefficient (Wildman–Crippen LogP) is 3.21. The molecule has 0 fully saturated rings. The van der Waals surface area contributed by atoms with Gasteiger partial charge in [-0.3, -0.25) is 0 Å². The summed E-state index contributed by atoms with van der Waals surface area (Å²) < 4.78 is 3.33. The van der Waals surface area contributed by atoms with Crippen molar-refractivity contribution >= 4 is 15.9 Å². The van der Waals surface area contributed by atoms with Crippen molar-refractivity contribution in [3.63, 3.8) is 0 Å². The van der Waals surface area contributed by atoms with Crippen molar-refractivity contribution in [3.8, 4) is 11.4 Å². The van der Waals surface area contributed by atoms with E-state index in [1.807, 2.05) is 12.1 Å². The molecule has 0 unspecified atom stereocenters. The number of halogens is 1. The molecule has 1 aromatic carbocycles. The second-order valence-electron chi connectivity index (χ2n) is 4.21. The number of hydrogen-bond donors (Lipinski definition) is 0. The van der Waals surface area contributed by atoms with Crippen LogP contribution in [0.4, 0.5) is 0 Å². The van der Waals surface area contributed by atoms with Gasteiger partial charge < -0.3 is 4.57 Å². The van der Waals surface area contributed by atoms with Crippen molar-refractivity contribution in [1.82, 2.24) is 14.8 Å². The summed E-state index contributed by atoms with van der Waals surface area (Å²) in [5.74, 6) is 2.10. The Morgan fingerprint density at radius 1 is 1.38 bits per heavy atom. The van der Waals surface area contributed by atoms with Crippen molar-refractivity contribution in [3.05, 3.63) is 34.6 Å². The third-order valence-electron chi connectivity index (χ3n) is 3.08. The Hall–Kier alpha value is -1.16. The summed E-state index contributed by atoms with van der Waals surface area (Å²) in [6.45, 7) is 2.22. The van der Waals surface area contributed by atoms with Crippen molar-refractivity contribution in [2.75, 3.05) is 0 Å². The Bertz CT molecular complexity index is 533. The number of aromatic nitrogens is 3. The summed E-state index contributed by atoms with van der Waals surface area (Å²) in [6, 6.07) is 8.73. The van der Waals surface area contributed by atoms with Gasteiger partial charge in [0.25, 0.3) is 0 Å². The fourth-order valence-electron chi connectivity index (χ4n) is 2.25. The highest BCUT2D eigenvalue weighted by Crippen LogP contribution is 2.31. The Labute approximate surface area is 103 Å². The zero-order valence-corrected chi connectivity index (χ0v) is 10.6. The van der Waals surface area contributed by atoms with Crippen LogP contribution < -0.4 is 0 Å². The first-order valence-corrected chi connectivity index (χ1v) is 6.25. The molecule has 0 N–H and O–H groups in total. The molecule has 1 aliphatic heterocycles. The van der Waals surface area contributed by atoms with Gasteiger partial charge in [-0.1, -0.05) is 28.1 Å². The van der Waals surface area contributed by atoms with Gasteiger partial charge in [-0.2, -0.15) is 0 Å². The van der Waals surface area contributed by atoms with Gasteiger partial charge in [0.2, 0.25) is 0 Å². The molecule has 3 rings (SSSR count). The van der Waals surface area contributed by atoms with Crippen molar-refractivity contribution in [2.45, 2.75) is 25.8 Å². The van der Waals surface area contributed by atoms with Gasteiger partial charge in [0, 0.05) is 22.5 Å². The van der Waals surface area contributed by atoms with E-state index >= 15 is 0 Å². The molecule has 2 aromatic rings. The fourth-order valence-corrected chi connectivity index (χ4v) is 2.65. The molecule has 0 spiro atoms. The van der Waals surface area contributed by atoms with E-state index in [-0.39, 0.29) is 0 Å². The van der Waals surface area contributed by atoms with Crippen molar-refractivity contribution in [1.29, 1.82) is 0 Å². The normalized spacial score (nSPS) is 18.8. The Balaban J connectivity index is 2.14. The number of nitrogens with zero attached hydrogens (tertiary/aromatic N) is 3. The van der Waals surface area contributed by atoms with Crippen molar-refractivity contribution < 1.29 is 0 Å². The van der Waals surface area contributed by atoms with E-state index in [1.54, 1.807) is 0 Å². The van der Waals surface area contributed by atoms with Gasteiger partial charge in [0.05, 0.1) is 0 Å². The van der Waals surface area contributed by atoms with Gasteiger partial charge >= 0.3 is 0 Å². The summed E-state index contributed by atoms with van der Waals surface area (Å²) >= 11 is 3.49. The molecule has 16 heavy (non-hydrogen) atoms. The lowest BCUT2D eigenvalue weighted by atomic mass is 10.2. The quantitative estimate of drug-likeness (QED) is 0.802. The van der Waals surface area contributed by atoms with E-state index < -0.39 is 0 Å². The van der Waals surface area contributed by atoms with Crippen LogP contribution in [0.2, 0.25) is 0 Å². The lowest BCUT2D eigenvalue weighted by Gasteiger charge is -2.09. The number of hydrogen-bond acceptors (Lipinski definition) is 2. The molecule has 1 aliphatic rings. The largest absolute Gasteiger partial charge is 0.308 e. The van der Waals surface area contributed by atoms with Crippen LogP contribution in [0, 0.1) is 0 Å². The van der Waals surface area contributed by atoms with Crippen LogP contribution in [-0.2, 0) is 6.42 Å². The molecule has 0 saturated heterocycles. The molecule has 0 radical (unpaired) electrons. The van der Waals surface area contributed by atoms with Gasteiger partial charge in [-0.25, -0.2) is 0 Å². The Morgan fingerprint density at radius 2 is 2.25 bits per heavy atom. The van der Waals surface area contributed by atoms with E-state index in [4.69, 9.17) is 0 Å². The number of rotatable bonds is 1. The molecule has 3 nitrogen and oxygen atoms in total. The highest BCUT2D eigenvalue weighted by atomic mass is 79.9. The molecule has 0 saturated carbocycles. The minimum absolute atomic E-state index is 0.513. The molecule has 2 heterocycles. The number of fused-ring (bicyclic) bond motifs is 1. The van der Waals surface area contributed by atoms with Crippen LogP contribution in [0.3, 0.4) is 0 Å². The Kier molecular flexibility index (Phi) is 2.32.